The van der Waals surface area contributed by atoms with Gasteiger partial charge in [-0.05, 0) is 43.7 Å². The van der Waals surface area contributed by atoms with Gasteiger partial charge in [-0.25, -0.2) is 9.37 Å². The van der Waals surface area contributed by atoms with Gasteiger partial charge in [-0.15, -0.1) is 0 Å². The second kappa shape index (κ2) is 7.79. The van der Waals surface area contributed by atoms with E-state index in [-0.39, 0.29) is 18.2 Å². The molecule has 0 spiro atoms. The van der Waals surface area contributed by atoms with Gasteiger partial charge in [0.15, 0.2) is 0 Å². The number of benzene rings is 2. The monoisotopic (exact) mass is 411 g/mol. The number of imidazole rings is 1. The molecule has 0 radical (unpaired) electrons. The molecule has 0 unspecified atom stereocenters. The van der Waals surface area contributed by atoms with Gasteiger partial charge in [-0.2, -0.15) is 0 Å². The number of aromatic nitrogens is 2. The third-order valence-corrected chi connectivity index (χ3v) is 5.26. The second-order valence-corrected chi connectivity index (χ2v) is 7.25. The zero-order chi connectivity index (χ0) is 20.5. The molecule has 0 aliphatic carbocycles. The Kier molecular flexibility index (Phi) is 5.20. The van der Waals surface area contributed by atoms with Crippen LogP contribution in [-0.2, 0) is 9.53 Å². The highest BCUT2D eigenvalue weighted by atomic mass is 35.5. The number of ether oxygens (including phenoxy) is 1. The third kappa shape index (κ3) is 3.56. The topological polar surface area (TPSA) is 56.5 Å². The molecular weight excluding hydrogens is 393 g/mol. The van der Waals surface area contributed by atoms with Crippen molar-refractivity contribution in [1.29, 1.82) is 0 Å². The second-order valence-electron chi connectivity index (χ2n) is 6.82. The molecule has 0 saturated carbocycles. The average molecular weight is 412 g/mol. The Hall–Kier alpha value is -2.99. The molecule has 3 aromatic rings. The maximum Gasteiger partial charge on any atom is 0.305 e. The summed E-state index contributed by atoms with van der Waals surface area (Å²) < 4.78 is 21.5. The maximum atomic E-state index is 14.7. The van der Waals surface area contributed by atoms with Crippen LogP contribution in [0.1, 0.15) is 41.5 Å². The molecule has 0 bridgehead atoms. The van der Waals surface area contributed by atoms with E-state index in [4.69, 9.17) is 21.3 Å². The van der Waals surface area contributed by atoms with Gasteiger partial charge >= 0.3 is 5.97 Å². The van der Waals surface area contributed by atoms with Crippen molar-refractivity contribution in [1.82, 2.24) is 9.55 Å². The van der Waals surface area contributed by atoms with E-state index in [0.29, 0.717) is 28.3 Å². The van der Waals surface area contributed by atoms with E-state index in [2.05, 4.69) is 4.98 Å². The lowest BCUT2D eigenvalue weighted by Gasteiger charge is -2.14. The SMILES string of the molecule is COC(=O)CC[C@H]1N=C(c2ccccc2F)c2cc(Cl)ccc2-n2c1cnc2C. The van der Waals surface area contributed by atoms with Gasteiger partial charge in [0.25, 0.3) is 0 Å². The average Bonchev–Trinajstić information content (AvgIpc) is 3.03. The largest absolute Gasteiger partial charge is 0.469 e. The van der Waals surface area contributed by atoms with E-state index < -0.39 is 6.04 Å². The van der Waals surface area contributed by atoms with Crippen LogP contribution in [0.5, 0.6) is 0 Å². The Morgan fingerprint density at radius 2 is 2.03 bits per heavy atom. The maximum absolute atomic E-state index is 14.7. The van der Waals surface area contributed by atoms with E-state index in [9.17, 15) is 9.18 Å². The molecule has 1 atom stereocenters. The number of nitrogens with zero attached hydrogens (tertiary/aromatic N) is 3. The predicted molar refractivity (Wildman–Crippen MR) is 109 cm³/mol. The first-order chi connectivity index (χ1) is 14.0. The first-order valence-corrected chi connectivity index (χ1v) is 9.61. The number of methoxy groups -OCH3 is 1. The Balaban J connectivity index is 1.96. The molecule has 148 valence electrons. The van der Waals surface area contributed by atoms with Crippen LogP contribution < -0.4 is 0 Å². The van der Waals surface area contributed by atoms with Gasteiger partial charge in [0, 0.05) is 22.6 Å². The Bertz CT molecular complexity index is 1120. The molecule has 1 aliphatic heterocycles. The number of carbonyl (C=O) groups excluding carboxylic acids is 1. The van der Waals surface area contributed by atoms with Crippen molar-refractivity contribution in [2.45, 2.75) is 25.8 Å². The number of fused-ring (bicyclic) bond motifs is 3. The van der Waals surface area contributed by atoms with Crippen LogP contribution >= 0.6 is 11.6 Å². The summed E-state index contributed by atoms with van der Waals surface area (Å²) >= 11 is 6.29. The third-order valence-electron chi connectivity index (χ3n) is 5.02. The number of aliphatic imine (C=N–C) groups is 1. The fourth-order valence-electron chi connectivity index (χ4n) is 3.63. The fraction of sp³-hybridized carbons (Fsp3) is 0.227. The lowest BCUT2D eigenvalue weighted by Crippen LogP contribution is -2.10. The lowest BCUT2D eigenvalue weighted by molar-refractivity contribution is -0.140. The van der Waals surface area contributed by atoms with Crippen LogP contribution in [0, 0.1) is 12.7 Å². The Morgan fingerprint density at radius 1 is 1.24 bits per heavy atom. The quantitative estimate of drug-likeness (QED) is 0.578. The van der Waals surface area contributed by atoms with Crippen LogP contribution in [-0.4, -0.2) is 28.3 Å². The summed E-state index contributed by atoms with van der Waals surface area (Å²) in [4.78, 5) is 21.1. The summed E-state index contributed by atoms with van der Waals surface area (Å²) in [6, 6.07) is 11.6. The Morgan fingerprint density at radius 3 is 2.79 bits per heavy atom. The van der Waals surface area contributed by atoms with Crippen molar-refractivity contribution in [3.05, 3.63) is 82.1 Å². The van der Waals surface area contributed by atoms with Gasteiger partial charge in [0.2, 0.25) is 0 Å². The molecule has 2 heterocycles. The highest BCUT2D eigenvalue weighted by molar-refractivity contribution is 6.31. The van der Waals surface area contributed by atoms with Crippen LogP contribution in [0.3, 0.4) is 0 Å². The van der Waals surface area contributed by atoms with E-state index in [0.717, 1.165) is 17.2 Å². The van der Waals surface area contributed by atoms with Crippen LogP contribution in [0.15, 0.2) is 53.7 Å². The van der Waals surface area contributed by atoms with Gasteiger partial charge in [0.05, 0.1) is 36.4 Å². The molecule has 4 rings (SSSR count). The van der Waals surface area contributed by atoms with Crippen LogP contribution in [0.25, 0.3) is 5.69 Å². The van der Waals surface area contributed by atoms with Gasteiger partial charge in [-0.3, -0.25) is 14.4 Å². The molecule has 1 aliphatic rings. The van der Waals surface area contributed by atoms with Crippen molar-refractivity contribution in [2.24, 2.45) is 4.99 Å². The number of rotatable bonds is 4. The normalized spacial score (nSPS) is 15.2. The van der Waals surface area contributed by atoms with Crippen molar-refractivity contribution < 1.29 is 13.9 Å². The summed E-state index contributed by atoms with van der Waals surface area (Å²) in [7, 11) is 1.36. The minimum absolute atomic E-state index is 0.191. The zero-order valence-corrected chi connectivity index (χ0v) is 16.8. The standard InChI is InChI=1S/C22H19ClFN3O2/c1-13-25-12-20-18(8-10-21(28)29-2)26-22(15-5-3-4-6-17(15)24)16-11-14(23)7-9-19(16)27(13)20/h3-7,9,11-12,18H,8,10H2,1-2H3/t18-/m1/s1. The Labute approximate surface area is 172 Å². The number of esters is 1. The minimum Gasteiger partial charge on any atom is -0.469 e. The molecule has 0 fully saturated rings. The molecule has 1 aromatic heterocycles. The van der Waals surface area contributed by atoms with Crippen molar-refractivity contribution >= 4 is 23.3 Å². The highest BCUT2D eigenvalue weighted by Crippen LogP contribution is 2.35. The summed E-state index contributed by atoms with van der Waals surface area (Å²) in [5.41, 5.74) is 3.25. The minimum atomic E-state index is -0.393. The van der Waals surface area contributed by atoms with Crippen LogP contribution in [0.4, 0.5) is 4.39 Å². The number of hydrogen-bond donors (Lipinski definition) is 0. The fourth-order valence-corrected chi connectivity index (χ4v) is 3.80. The lowest BCUT2D eigenvalue weighted by atomic mass is 9.99. The van der Waals surface area contributed by atoms with Crippen molar-refractivity contribution in [3.8, 4) is 5.69 Å². The molecule has 0 N–H and O–H groups in total. The smallest absolute Gasteiger partial charge is 0.305 e. The molecular formula is C22H19ClFN3O2. The summed E-state index contributed by atoms with van der Waals surface area (Å²) in [6.45, 7) is 1.90. The first kappa shape index (κ1) is 19.3. The molecule has 5 nitrogen and oxygen atoms in total. The highest BCUT2D eigenvalue weighted by Gasteiger charge is 2.28. The van der Waals surface area contributed by atoms with Gasteiger partial charge in [0.1, 0.15) is 11.6 Å². The summed E-state index contributed by atoms with van der Waals surface area (Å²) in [5, 5.41) is 0.528. The number of aryl methyl sites for hydroxylation is 1. The van der Waals surface area contributed by atoms with Crippen LogP contribution in [0.2, 0.25) is 5.02 Å². The molecule has 7 heteroatoms. The first-order valence-electron chi connectivity index (χ1n) is 9.23. The number of halogens is 2. The number of carbonyl (C=O) groups is 1. The van der Waals surface area contributed by atoms with Crippen molar-refractivity contribution in [2.75, 3.05) is 7.11 Å². The van der Waals surface area contributed by atoms with E-state index in [1.807, 2.05) is 17.6 Å². The molecule has 2 aromatic carbocycles. The zero-order valence-electron chi connectivity index (χ0n) is 16.0. The molecule has 0 saturated heterocycles. The van der Waals surface area contributed by atoms with E-state index in [1.165, 1.54) is 13.2 Å². The summed E-state index contributed by atoms with van der Waals surface area (Å²) in [6.07, 6.45) is 2.36. The summed E-state index contributed by atoms with van der Waals surface area (Å²) in [5.74, 6) is 0.0854. The van der Waals surface area contributed by atoms with E-state index >= 15 is 0 Å². The number of hydrogen-bond acceptors (Lipinski definition) is 4. The van der Waals surface area contributed by atoms with Crippen molar-refractivity contribution in [3.63, 3.8) is 0 Å². The molecule has 0 amide bonds. The van der Waals surface area contributed by atoms with E-state index in [1.54, 1.807) is 36.5 Å². The van der Waals surface area contributed by atoms with Gasteiger partial charge < -0.3 is 4.74 Å². The molecule has 29 heavy (non-hydrogen) atoms. The predicted octanol–water partition coefficient (Wildman–Crippen LogP) is 4.82. The van der Waals surface area contributed by atoms with Gasteiger partial charge in [-0.1, -0.05) is 23.7 Å².